The molecule has 1 saturated carbocycles. The summed E-state index contributed by atoms with van der Waals surface area (Å²) in [6.07, 6.45) is 4.38. The molecule has 0 bridgehead atoms. The quantitative estimate of drug-likeness (QED) is 0.851. The van der Waals surface area contributed by atoms with E-state index >= 15 is 0 Å². The minimum absolute atomic E-state index is 0.0368. The van der Waals surface area contributed by atoms with Crippen LogP contribution in [-0.4, -0.2) is 24.5 Å². The van der Waals surface area contributed by atoms with E-state index in [0.29, 0.717) is 11.5 Å². The van der Waals surface area contributed by atoms with Gasteiger partial charge in [-0.1, -0.05) is 31.9 Å². The van der Waals surface area contributed by atoms with Gasteiger partial charge in [0.05, 0.1) is 6.42 Å². The highest BCUT2D eigenvalue weighted by Gasteiger charge is 2.23. The van der Waals surface area contributed by atoms with Crippen LogP contribution in [0.25, 0.3) is 0 Å². The first kappa shape index (κ1) is 16.5. The van der Waals surface area contributed by atoms with Crippen molar-refractivity contribution < 1.29 is 18.7 Å². The second kappa shape index (κ2) is 7.92. The molecule has 1 aliphatic rings. The third kappa shape index (κ3) is 5.13. The first-order chi connectivity index (χ1) is 10.5. The number of nitrogens with one attached hydrogen (secondary N) is 1. The van der Waals surface area contributed by atoms with Crippen LogP contribution in [-0.2, 0) is 20.7 Å². The number of ether oxygens (including phenoxy) is 1. The van der Waals surface area contributed by atoms with Gasteiger partial charge in [-0.2, -0.15) is 0 Å². The number of rotatable bonds is 5. The number of amides is 1. The van der Waals surface area contributed by atoms with E-state index in [1.54, 1.807) is 6.07 Å². The lowest BCUT2D eigenvalue weighted by molar-refractivity contribution is -0.148. The van der Waals surface area contributed by atoms with Crippen molar-refractivity contribution in [3.8, 4) is 0 Å². The van der Waals surface area contributed by atoms with Crippen molar-refractivity contribution in [1.29, 1.82) is 0 Å². The van der Waals surface area contributed by atoms with Crippen molar-refractivity contribution >= 4 is 11.9 Å². The molecule has 2 atom stereocenters. The van der Waals surface area contributed by atoms with Crippen LogP contribution in [0.3, 0.4) is 0 Å². The number of benzene rings is 1. The van der Waals surface area contributed by atoms with Gasteiger partial charge in [-0.15, -0.1) is 0 Å². The summed E-state index contributed by atoms with van der Waals surface area (Å²) in [4.78, 5) is 23.5. The highest BCUT2D eigenvalue weighted by atomic mass is 19.1. The maximum atomic E-state index is 13.0. The van der Waals surface area contributed by atoms with Gasteiger partial charge in [0.2, 0.25) is 0 Å². The van der Waals surface area contributed by atoms with E-state index < -0.39 is 11.8 Å². The molecule has 2 rings (SSSR count). The minimum Gasteiger partial charge on any atom is -0.455 e. The van der Waals surface area contributed by atoms with Gasteiger partial charge in [0, 0.05) is 6.04 Å². The second-order valence-electron chi connectivity index (χ2n) is 5.90. The lowest BCUT2D eigenvalue weighted by Gasteiger charge is -2.29. The van der Waals surface area contributed by atoms with E-state index in [4.69, 9.17) is 4.74 Å². The van der Waals surface area contributed by atoms with Crippen LogP contribution >= 0.6 is 0 Å². The predicted octanol–water partition coefficient (Wildman–Crippen LogP) is 2.61. The van der Waals surface area contributed by atoms with Crippen molar-refractivity contribution in [2.75, 3.05) is 6.61 Å². The van der Waals surface area contributed by atoms with E-state index in [9.17, 15) is 14.0 Å². The third-order valence-corrected chi connectivity index (χ3v) is 4.06. The molecule has 0 aromatic heterocycles. The Balaban J connectivity index is 1.72. The zero-order chi connectivity index (χ0) is 15.9. The Morgan fingerprint density at radius 2 is 2.09 bits per heavy atom. The lowest BCUT2D eigenvalue weighted by atomic mass is 9.86. The fraction of sp³-hybridized carbons (Fsp3) is 0.529. The third-order valence-electron chi connectivity index (χ3n) is 4.06. The Morgan fingerprint density at radius 1 is 1.32 bits per heavy atom. The molecule has 5 heteroatoms. The van der Waals surface area contributed by atoms with Gasteiger partial charge in [0.25, 0.3) is 5.91 Å². The van der Waals surface area contributed by atoms with E-state index in [1.807, 2.05) is 0 Å². The molecule has 4 nitrogen and oxygen atoms in total. The smallest absolute Gasteiger partial charge is 0.310 e. The van der Waals surface area contributed by atoms with Crippen molar-refractivity contribution in [1.82, 2.24) is 5.32 Å². The molecule has 0 unspecified atom stereocenters. The van der Waals surface area contributed by atoms with Crippen LogP contribution in [0.2, 0.25) is 0 Å². The molecule has 0 radical (unpaired) electrons. The molecule has 22 heavy (non-hydrogen) atoms. The van der Waals surface area contributed by atoms with Crippen LogP contribution < -0.4 is 5.32 Å². The molecule has 0 spiro atoms. The zero-order valence-electron chi connectivity index (χ0n) is 12.8. The topological polar surface area (TPSA) is 55.4 Å². The van der Waals surface area contributed by atoms with Crippen molar-refractivity contribution in [2.24, 2.45) is 5.92 Å². The van der Waals surface area contributed by atoms with Crippen LogP contribution in [0.5, 0.6) is 0 Å². The number of carbonyl (C=O) groups excluding carboxylic acids is 2. The maximum absolute atomic E-state index is 13.0. The largest absolute Gasteiger partial charge is 0.455 e. The normalized spacial score (nSPS) is 21.2. The molecule has 1 aromatic rings. The molecule has 0 heterocycles. The van der Waals surface area contributed by atoms with E-state index in [-0.39, 0.29) is 25.0 Å². The maximum Gasteiger partial charge on any atom is 0.310 e. The van der Waals surface area contributed by atoms with E-state index in [2.05, 4.69) is 12.2 Å². The molecule has 1 fully saturated rings. The molecule has 1 aliphatic carbocycles. The summed E-state index contributed by atoms with van der Waals surface area (Å²) in [5.74, 6) is -0.737. The summed E-state index contributed by atoms with van der Waals surface area (Å²) < 4.78 is 18.0. The molecular formula is C17H22FNO3. The van der Waals surface area contributed by atoms with Crippen molar-refractivity contribution in [3.05, 3.63) is 35.6 Å². The highest BCUT2D eigenvalue weighted by Crippen LogP contribution is 2.23. The average Bonchev–Trinajstić information content (AvgIpc) is 2.48. The van der Waals surface area contributed by atoms with Gasteiger partial charge in [-0.05, 0) is 36.5 Å². The second-order valence-corrected chi connectivity index (χ2v) is 5.90. The summed E-state index contributed by atoms with van der Waals surface area (Å²) in [5.41, 5.74) is 0.534. The first-order valence-corrected chi connectivity index (χ1v) is 7.74. The number of halogens is 1. The molecule has 1 N–H and O–H groups in total. The Morgan fingerprint density at radius 3 is 2.82 bits per heavy atom. The summed E-state index contributed by atoms with van der Waals surface area (Å²) in [5, 5.41) is 2.92. The van der Waals surface area contributed by atoms with Crippen molar-refractivity contribution in [3.63, 3.8) is 0 Å². The van der Waals surface area contributed by atoms with Crippen molar-refractivity contribution in [2.45, 2.75) is 45.1 Å². The van der Waals surface area contributed by atoms with Gasteiger partial charge in [0.15, 0.2) is 6.61 Å². The monoisotopic (exact) mass is 307 g/mol. The number of hydrogen-bond donors (Lipinski definition) is 1. The molecule has 0 saturated heterocycles. The summed E-state index contributed by atoms with van der Waals surface area (Å²) >= 11 is 0. The summed E-state index contributed by atoms with van der Waals surface area (Å²) in [6, 6.07) is 5.95. The summed E-state index contributed by atoms with van der Waals surface area (Å²) in [6.45, 7) is 1.84. The SMILES string of the molecule is C[C@@H]1CCCC[C@H]1NC(=O)COC(=O)Cc1cccc(F)c1. The standard InChI is InChI=1S/C17H22FNO3/c1-12-5-2-3-8-15(12)19-16(20)11-22-17(21)10-13-6-4-7-14(18)9-13/h4,6-7,9,12,15H,2-3,5,8,10-11H2,1H3,(H,19,20)/t12-,15-/m1/s1. The number of carbonyl (C=O) groups is 2. The van der Waals surface area contributed by atoms with Crippen LogP contribution in [0, 0.1) is 11.7 Å². The van der Waals surface area contributed by atoms with Crippen LogP contribution in [0.15, 0.2) is 24.3 Å². The molecule has 0 aliphatic heterocycles. The fourth-order valence-corrected chi connectivity index (χ4v) is 2.79. The molecule has 1 aromatic carbocycles. The zero-order valence-corrected chi connectivity index (χ0v) is 12.8. The Kier molecular flexibility index (Phi) is 5.92. The van der Waals surface area contributed by atoms with Gasteiger partial charge in [-0.3, -0.25) is 9.59 Å². The number of hydrogen-bond acceptors (Lipinski definition) is 3. The van der Waals surface area contributed by atoms with Crippen LogP contribution in [0.1, 0.15) is 38.2 Å². The Labute approximate surface area is 130 Å². The number of esters is 1. The van der Waals surface area contributed by atoms with Gasteiger partial charge in [0.1, 0.15) is 5.82 Å². The Bertz CT molecular complexity index is 532. The minimum atomic E-state index is -0.530. The van der Waals surface area contributed by atoms with E-state index in [1.165, 1.54) is 24.6 Å². The average molecular weight is 307 g/mol. The summed E-state index contributed by atoms with van der Waals surface area (Å²) in [7, 11) is 0. The molecule has 1 amide bonds. The first-order valence-electron chi connectivity index (χ1n) is 7.74. The predicted molar refractivity (Wildman–Crippen MR) is 80.6 cm³/mol. The fourth-order valence-electron chi connectivity index (χ4n) is 2.79. The lowest BCUT2D eigenvalue weighted by Crippen LogP contribution is -2.42. The Hall–Kier alpha value is -1.91. The van der Waals surface area contributed by atoms with Crippen LogP contribution in [0.4, 0.5) is 4.39 Å². The molecule has 120 valence electrons. The molecular weight excluding hydrogens is 285 g/mol. The van der Waals surface area contributed by atoms with E-state index in [0.717, 1.165) is 19.3 Å². The van der Waals surface area contributed by atoms with Gasteiger partial charge in [-0.25, -0.2) is 4.39 Å². The highest BCUT2D eigenvalue weighted by molar-refractivity contribution is 5.81. The van der Waals surface area contributed by atoms with Gasteiger partial charge < -0.3 is 10.1 Å². The van der Waals surface area contributed by atoms with Gasteiger partial charge >= 0.3 is 5.97 Å².